The third-order valence-corrected chi connectivity index (χ3v) is 6.00. The molecule has 0 aromatic heterocycles. The van der Waals surface area contributed by atoms with Gasteiger partial charge in [0, 0.05) is 12.6 Å². The molecule has 3 atom stereocenters. The first-order valence-electron chi connectivity index (χ1n) is 9.68. The Morgan fingerprint density at radius 1 is 1.25 bits per heavy atom. The standard InChI is InChI=1S/C22H25ClN2O3/c1-27-22(26)15-8-9-20(18(23)11-15)28-21-17-7-3-2-5-14(17)12-19(21)25-10-4-6-16(24)13-25/h2-3,5,7-9,11,16,19,21H,4,6,10,12-13,24H2,1H3/t16-,19-,21-/m1/s1. The Labute approximate surface area is 170 Å². The summed E-state index contributed by atoms with van der Waals surface area (Å²) in [5, 5.41) is 0.404. The molecule has 0 radical (unpaired) electrons. The number of ether oxygens (including phenoxy) is 2. The highest BCUT2D eigenvalue weighted by atomic mass is 35.5. The Morgan fingerprint density at radius 2 is 2.07 bits per heavy atom. The predicted molar refractivity (Wildman–Crippen MR) is 109 cm³/mol. The summed E-state index contributed by atoms with van der Waals surface area (Å²) in [6.07, 6.45) is 2.99. The van der Waals surface area contributed by atoms with Gasteiger partial charge in [-0.3, -0.25) is 4.90 Å². The highest BCUT2D eigenvalue weighted by molar-refractivity contribution is 6.32. The topological polar surface area (TPSA) is 64.8 Å². The van der Waals surface area contributed by atoms with Crippen molar-refractivity contribution in [1.82, 2.24) is 4.90 Å². The third-order valence-electron chi connectivity index (χ3n) is 5.71. The molecule has 5 nitrogen and oxygen atoms in total. The number of halogens is 1. The van der Waals surface area contributed by atoms with Crippen LogP contribution in [0.25, 0.3) is 0 Å². The summed E-state index contributed by atoms with van der Waals surface area (Å²) in [5.74, 6) is 0.155. The van der Waals surface area contributed by atoms with Gasteiger partial charge in [-0.15, -0.1) is 0 Å². The number of fused-ring (bicyclic) bond motifs is 1. The Hall–Kier alpha value is -2.08. The average molecular weight is 401 g/mol. The van der Waals surface area contributed by atoms with Crippen LogP contribution in [0.15, 0.2) is 42.5 Å². The molecule has 1 saturated heterocycles. The van der Waals surface area contributed by atoms with E-state index in [0.717, 1.165) is 32.4 Å². The van der Waals surface area contributed by atoms with Crippen LogP contribution in [-0.4, -0.2) is 43.2 Å². The van der Waals surface area contributed by atoms with Gasteiger partial charge in [-0.05, 0) is 55.1 Å². The quantitative estimate of drug-likeness (QED) is 0.794. The minimum Gasteiger partial charge on any atom is -0.483 e. The predicted octanol–water partition coefficient (Wildman–Crippen LogP) is 3.59. The molecule has 0 unspecified atom stereocenters. The Kier molecular flexibility index (Phi) is 5.58. The lowest BCUT2D eigenvalue weighted by Gasteiger charge is -2.38. The van der Waals surface area contributed by atoms with Crippen molar-refractivity contribution in [2.75, 3.05) is 20.2 Å². The maximum atomic E-state index is 11.7. The van der Waals surface area contributed by atoms with Crippen LogP contribution in [0.2, 0.25) is 5.02 Å². The summed E-state index contributed by atoms with van der Waals surface area (Å²) in [4.78, 5) is 14.2. The van der Waals surface area contributed by atoms with Crippen molar-refractivity contribution in [3.8, 4) is 5.75 Å². The number of nitrogens with two attached hydrogens (primary N) is 1. The van der Waals surface area contributed by atoms with Crippen LogP contribution in [0.4, 0.5) is 0 Å². The van der Waals surface area contributed by atoms with E-state index in [1.807, 2.05) is 6.07 Å². The number of hydrogen-bond donors (Lipinski definition) is 1. The van der Waals surface area contributed by atoms with E-state index < -0.39 is 5.97 Å². The number of esters is 1. The normalized spacial score (nSPS) is 24.6. The summed E-state index contributed by atoms with van der Waals surface area (Å²) in [6.45, 7) is 1.91. The van der Waals surface area contributed by atoms with Crippen LogP contribution in [0, 0.1) is 0 Å². The summed E-state index contributed by atoms with van der Waals surface area (Å²) in [5.41, 5.74) is 9.14. The van der Waals surface area contributed by atoms with Crippen molar-refractivity contribution < 1.29 is 14.3 Å². The van der Waals surface area contributed by atoms with Gasteiger partial charge >= 0.3 is 5.97 Å². The van der Waals surface area contributed by atoms with Crippen LogP contribution in [0.3, 0.4) is 0 Å². The van der Waals surface area contributed by atoms with E-state index >= 15 is 0 Å². The lowest BCUT2D eigenvalue weighted by atomic mass is 10.0. The fourth-order valence-electron chi connectivity index (χ4n) is 4.32. The molecule has 2 N–H and O–H groups in total. The van der Waals surface area contributed by atoms with Crippen LogP contribution >= 0.6 is 11.6 Å². The van der Waals surface area contributed by atoms with E-state index in [2.05, 4.69) is 23.1 Å². The Morgan fingerprint density at radius 3 is 2.82 bits per heavy atom. The molecule has 148 valence electrons. The van der Waals surface area contributed by atoms with E-state index in [4.69, 9.17) is 26.8 Å². The first kappa shape index (κ1) is 19.2. The molecule has 1 fully saturated rings. The van der Waals surface area contributed by atoms with Crippen molar-refractivity contribution in [3.05, 3.63) is 64.2 Å². The number of piperidine rings is 1. The van der Waals surface area contributed by atoms with Gasteiger partial charge < -0.3 is 15.2 Å². The highest BCUT2D eigenvalue weighted by Gasteiger charge is 2.39. The smallest absolute Gasteiger partial charge is 0.337 e. The van der Waals surface area contributed by atoms with E-state index in [1.54, 1.807) is 18.2 Å². The van der Waals surface area contributed by atoms with Crippen LogP contribution in [-0.2, 0) is 11.2 Å². The molecule has 0 spiro atoms. The van der Waals surface area contributed by atoms with Crippen molar-refractivity contribution >= 4 is 17.6 Å². The summed E-state index contributed by atoms with van der Waals surface area (Å²) in [6, 6.07) is 13.8. The maximum absolute atomic E-state index is 11.7. The summed E-state index contributed by atoms with van der Waals surface area (Å²) in [7, 11) is 1.35. The average Bonchev–Trinajstić information content (AvgIpc) is 3.07. The lowest BCUT2D eigenvalue weighted by molar-refractivity contribution is 0.0588. The van der Waals surface area contributed by atoms with Crippen LogP contribution in [0.1, 0.15) is 40.4 Å². The minimum absolute atomic E-state index is 0.122. The maximum Gasteiger partial charge on any atom is 0.337 e. The lowest BCUT2D eigenvalue weighted by Crippen LogP contribution is -2.49. The first-order valence-corrected chi connectivity index (χ1v) is 10.1. The van der Waals surface area contributed by atoms with Crippen molar-refractivity contribution in [2.24, 2.45) is 5.73 Å². The van der Waals surface area contributed by atoms with E-state index in [1.165, 1.54) is 18.2 Å². The molecule has 1 heterocycles. The molecule has 0 saturated carbocycles. The number of carbonyl (C=O) groups excluding carboxylic acids is 1. The molecule has 1 aliphatic carbocycles. The fourth-order valence-corrected chi connectivity index (χ4v) is 4.54. The number of nitrogens with zero attached hydrogens (tertiary/aromatic N) is 1. The molecule has 0 amide bonds. The molecule has 2 aromatic carbocycles. The molecular weight excluding hydrogens is 376 g/mol. The largest absolute Gasteiger partial charge is 0.483 e. The van der Waals surface area contributed by atoms with E-state index in [0.29, 0.717) is 16.3 Å². The van der Waals surface area contributed by atoms with Crippen molar-refractivity contribution in [2.45, 2.75) is 37.5 Å². The van der Waals surface area contributed by atoms with Gasteiger partial charge in [-0.25, -0.2) is 4.79 Å². The van der Waals surface area contributed by atoms with Crippen LogP contribution < -0.4 is 10.5 Å². The number of hydrogen-bond acceptors (Lipinski definition) is 5. The van der Waals surface area contributed by atoms with Crippen molar-refractivity contribution in [1.29, 1.82) is 0 Å². The molecule has 1 aliphatic heterocycles. The monoisotopic (exact) mass is 400 g/mol. The van der Waals surface area contributed by atoms with Gasteiger partial charge in [-0.2, -0.15) is 0 Å². The molecule has 2 aliphatic rings. The minimum atomic E-state index is -0.417. The zero-order valence-electron chi connectivity index (χ0n) is 15.9. The number of carbonyl (C=O) groups is 1. The SMILES string of the molecule is COC(=O)c1ccc(O[C@@H]2c3ccccc3C[C@H]2N2CCC[C@@H](N)C2)c(Cl)c1. The first-order chi connectivity index (χ1) is 13.6. The fraction of sp³-hybridized carbons (Fsp3) is 0.409. The van der Waals surface area contributed by atoms with Crippen LogP contribution in [0.5, 0.6) is 5.75 Å². The molecule has 6 heteroatoms. The number of benzene rings is 2. The second kappa shape index (κ2) is 8.11. The van der Waals surface area contributed by atoms with Gasteiger partial charge in [0.2, 0.25) is 0 Å². The van der Waals surface area contributed by atoms with Crippen molar-refractivity contribution in [3.63, 3.8) is 0 Å². The second-order valence-electron chi connectivity index (χ2n) is 7.54. The second-order valence-corrected chi connectivity index (χ2v) is 7.95. The third kappa shape index (κ3) is 3.75. The molecule has 0 bridgehead atoms. The number of likely N-dealkylation sites (tertiary alicyclic amines) is 1. The Balaban J connectivity index is 1.62. The molecular formula is C22H25ClN2O3. The summed E-state index contributed by atoms with van der Waals surface area (Å²) >= 11 is 6.43. The van der Waals surface area contributed by atoms with E-state index in [-0.39, 0.29) is 18.2 Å². The summed E-state index contributed by atoms with van der Waals surface area (Å²) < 4.78 is 11.2. The van der Waals surface area contributed by atoms with Gasteiger partial charge in [0.15, 0.2) is 0 Å². The van der Waals surface area contributed by atoms with Gasteiger partial charge in [-0.1, -0.05) is 35.9 Å². The number of rotatable bonds is 4. The number of methoxy groups -OCH3 is 1. The van der Waals surface area contributed by atoms with Gasteiger partial charge in [0.25, 0.3) is 0 Å². The zero-order valence-corrected chi connectivity index (χ0v) is 16.7. The van der Waals surface area contributed by atoms with Gasteiger partial charge in [0.1, 0.15) is 11.9 Å². The van der Waals surface area contributed by atoms with Gasteiger partial charge in [0.05, 0.1) is 23.7 Å². The molecule has 28 heavy (non-hydrogen) atoms. The molecule has 2 aromatic rings. The Bertz CT molecular complexity index is 873. The van der Waals surface area contributed by atoms with E-state index in [9.17, 15) is 4.79 Å². The zero-order chi connectivity index (χ0) is 19.7. The highest BCUT2D eigenvalue weighted by Crippen LogP contribution is 2.40. The molecule has 4 rings (SSSR count).